The maximum absolute atomic E-state index is 10.6. The molecule has 0 saturated carbocycles. The molecular weight excluding hydrogens is 337 g/mol. The van der Waals surface area contributed by atoms with Gasteiger partial charge in [-0.15, -0.1) is 0 Å². The molecule has 0 unspecified atom stereocenters. The van der Waals surface area contributed by atoms with E-state index in [1.807, 2.05) is 6.07 Å². The van der Waals surface area contributed by atoms with E-state index >= 15 is 0 Å². The third-order valence-electron chi connectivity index (χ3n) is 1.50. The summed E-state index contributed by atoms with van der Waals surface area (Å²) in [6.07, 6.45) is 0. The van der Waals surface area contributed by atoms with Gasteiger partial charge < -0.3 is 0 Å². The van der Waals surface area contributed by atoms with Crippen LogP contribution in [0, 0.1) is 20.6 Å². The summed E-state index contributed by atoms with van der Waals surface area (Å²) in [5, 5.41) is 10.6. The normalized spacial score (nSPS) is 9.92. The minimum Gasteiger partial charge on any atom is -0.258 e. The summed E-state index contributed by atoms with van der Waals surface area (Å²) in [6, 6.07) is 3.53. The maximum Gasteiger partial charge on any atom is 0.287 e. The first kappa shape index (κ1) is 9.91. The van der Waals surface area contributed by atoms with E-state index in [-0.39, 0.29) is 10.6 Å². The van der Waals surface area contributed by atoms with Crippen LogP contribution in [0.5, 0.6) is 0 Å². The molecule has 0 bridgehead atoms. The summed E-state index contributed by atoms with van der Waals surface area (Å²) in [5.41, 5.74) is 0.858. The number of nitro benzene ring substituents is 1. The third-order valence-corrected chi connectivity index (χ3v) is 3.31. The largest absolute Gasteiger partial charge is 0.287 e. The molecule has 0 radical (unpaired) electrons. The fourth-order valence-electron chi connectivity index (χ4n) is 0.867. The number of benzene rings is 1. The second-order valence-corrected chi connectivity index (χ2v) is 4.28. The molecule has 0 N–H and O–H groups in total. The van der Waals surface area contributed by atoms with Gasteiger partial charge in [0, 0.05) is 9.13 Å². The van der Waals surface area contributed by atoms with E-state index in [4.69, 9.17) is 0 Å². The van der Waals surface area contributed by atoms with Crippen LogP contribution in [0.15, 0.2) is 16.6 Å². The van der Waals surface area contributed by atoms with Crippen molar-refractivity contribution < 1.29 is 4.92 Å². The summed E-state index contributed by atoms with van der Waals surface area (Å²) < 4.78 is 1.44. The molecule has 5 heteroatoms. The van der Waals surface area contributed by atoms with Gasteiger partial charge in [-0.2, -0.15) is 0 Å². The number of hydrogen-bond acceptors (Lipinski definition) is 2. The zero-order chi connectivity index (χ0) is 9.30. The standard InChI is InChI=1S/C7H5BrINO2/c1-4-6(9)3-2-5(8)7(4)10(11)12/h2-3H,1H3. The monoisotopic (exact) mass is 341 g/mol. The van der Waals surface area contributed by atoms with Crippen molar-refractivity contribution in [2.24, 2.45) is 0 Å². The van der Waals surface area contributed by atoms with Crippen molar-refractivity contribution in [3.8, 4) is 0 Å². The second kappa shape index (κ2) is 3.69. The van der Waals surface area contributed by atoms with Crippen molar-refractivity contribution in [3.63, 3.8) is 0 Å². The number of nitro groups is 1. The Hall–Kier alpha value is -0.170. The van der Waals surface area contributed by atoms with Gasteiger partial charge >= 0.3 is 0 Å². The SMILES string of the molecule is Cc1c(I)ccc(Br)c1[N+](=O)[O-]. The molecule has 1 rings (SSSR count). The van der Waals surface area contributed by atoms with Gasteiger partial charge in [-0.3, -0.25) is 10.1 Å². The number of hydrogen-bond donors (Lipinski definition) is 0. The van der Waals surface area contributed by atoms with Crippen molar-refractivity contribution >= 4 is 44.2 Å². The average Bonchev–Trinajstić information content (AvgIpc) is 1.97. The van der Waals surface area contributed by atoms with Crippen molar-refractivity contribution in [2.75, 3.05) is 0 Å². The summed E-state index contributed by atoms with van der Waals surface area (Å²) in [5.74, 6) is 0. The molecule has 64 valence electrons. The molecule has 0 aliphatic rings. The Morgan fingerprint density at radius 3 is 2.58 bits per heavy atom. The molecule has 0 aromatic heterocycles. The van der Waals surface area contributed by atoms with E-state index in [1.54, 1.807) is 13.0 Å². The lowest BCUT2D eigenvalue weighted by Crippen LogP contribution is -1.94. The fourth-order valence-corrected chi connectivity index (χ4v) is 1.88. The van der Waals surface area contributed by atoms with E-state index in [0.29, 0.717) is 10.0 Å². The first-order valence-corrected chi connectivity index (χ1v) is 5.00. The lowest BCUT2D eigenvalue weighted by molar-refractivity contribution is -0.386. The predicted octanol–water partition coefficient (Wildman–Crippen LogP) is 3.27. The van der Waals surface area contributed by atoms with Crippen LogP contribution in [-0.4, -0.2) is 4.92 Å². The topological polar surface area (TPSA) is 43.1 Å². The molecule has 0 heterocycles. The zero-order valence-corrected chi connectivity index (χ0v) is 9.92. The van der Waals surface area contributed by atoms with Crippen molar-refractivity contribution in [1.29, 1.82) is 0 Å². The Bertz CT molecular complexity index is 340. The molecule has 0 aliphatic heterocycles. The van der Waals surface area contributed by atoms with E-state index in [1.165, 1.54) is 0 Å². The van der Waals surface area contributed by atoms with Gasteiger partial charge in [0.2, 0.25) is 0 Å². The summed E-state index contributed by atoms with van der Waals surface area (Å²) in [7, 11) is 0. The predicted molar refractivity (Wildman–Crippen MR) is 58.3 cm³/mol. The molecule has 1 aromatic rings. The number of halogens is 2. The van der Waals surface area contributed by atoms with Crippen molar-refractivity contribution in [2.45, 2.75) is 6.92 Å². The van der Waals surface area contributed by atoms with Crippen LogP contribution < -0.4 is 0 Å². The fraction of sp³-hybridized carbons (Fsp3) is 0.143. The second-order valence-electron chi connectivity index (χ2n) is 2.26. The van der Waals surface area contributed by atoms with Crippen LogP contribution in [0.3, 0.4) is 0 Å². The van der Waals surface area contributed by atoms with Crippen molar-refractivity contribution in [3.05, 3.63) is 35.9 Å². The number of rotatable bonds is 1. The lowest BCUT2D eigenvalue weighted by atomic mass is 10.2. The Morgan fingerprint density at radius 1 is 1.58 bits per heavy atom. The van der Waals surface area contributed by atoms with E-state index < -0.39 is 0 Å². The summed E-state index contributed by atoms with van der Waals surface area (Å²) in [4.78, 5) is 10.2. The molecule has 3 nitrogen and oxygen atoms in total. The highest BCUT2D eigenvalue weighted by atomic mass is 127. The first-order chi connectivity index (χ1) is 5.54. The molecule has 0 fully saturated rings. The lowest BCUT2D eigenvalue weighted by Gasteiger charge is -2.00. The van der Waals surface area contributed by atoms with E-state index in [0.717, 1.165) is 3.57 Å². The molecule has 0 saturated heterocycles. The molecule has 0 aliphatic carbocycles. The van der Waals surface area contributed by atoms with Crippen LogP contribution in [0.4, 0.5) is 5.69 Å². The smallest absolute Gasteiger partial charge is 0.258 e. The van der Waals surface area contributed by atoms with E-state index in [9.17, 15) is 10.1 Å². The summed E-state index contributed by atoms with van der Waals surface area (Å²) in [6.45, 7) is 1.74. The van der Waals surface area contributed by atoms with Crippen LogP contribution in [0.25, 0.3) is 0 Å². The Labute approximate surface area is 91.6 Å². The van der Waals surface area contributed by atoms with Gasteiger partial charge in [-0.05, 0) is 57.6 Å². The zero-order valence-electron chi connectivity index (χ0n) is 6.17. The highest BCUT2D eigenvalue weighted by Gasteiger charge is 2.16. The van der Waals surface area contributed by atoms with Crippen LogP contribution in [0.1, 0.15) is 5.56 Å². The van der Waals surface area contributed by atoms with Crippen LogP contribution in [0.2, 0.25) is 0 Å². The molecule has 1 aromatic carbocycles. The van der Waals surface area contributed by atoms with Gasteiger partial charge in [0.15, 0.2) is 0 Å². The Kier molecular flexibility index (Phi) is 3.05. The van der Waals surface area contributed by atoms with E-state index in [2.05, 4.69) is 38.5 Å². The van der Waals surface area contributed by atoms with Gasteiger partial charge in [0.1, 0.15) is 0 Å². The highest BCUT2D eigenvalue weighted by molar-refractivity contribution is 14.1. The summed E-state index contributed by atoms with van der Waals surface area (Å²) >= 11 is 5.21. The molecular formula is C7H5BrINO2. The molecule has 0 atom stereocenters. The van der Waals surface area contributed by atoms with Crippen LogP contribution in [-0.2, 0) is 0 Å². The molecule has 0 spiro atoms. The van der Waals surface area contributed by atoms with Crippen molar-refractivity contribution in [1.82, 2.24) is 0 Å². The van der Waals surface area contributed by atoms with Gasteiger partial charge in [0.25, 0.3) is 5.69 Å². The molecule has 12 heavy (non-hydrogen) atoms. The van der Waals surface area contributed by atoms with Gasteiger partial charge in [-0.1, -0.05) is 0 Å². The maximum atomic E-state index is 10.6. The quantitative estimate of drug-likeness (QED) is 0.447. The third kappa shape index (κ3) is 1.77. The highest BCUT2D eigenvalue weighted by Crippen LogP contribution is 2.30. The minimum atomic E-state index is -0.373. The average molecular weight is 342 g/mol. The van der Waals surface area contributed by atoms with Gasteiger partial charge in [-0.25, -0.2) is 0 Å². The Morgan fingerprint density at radius 2 is 2.17 bits per heavy atom. The first-order valence-electron chi connectivity index (χ1n) is 3.13. The number of nitrogens with zero attached hydrogens (tertiary/aromatic N) is 1. The minimum absolute atomic E-state index is 0.155. The van der Waals surface area contributed by atoms with Gasteiger partial charge in [0.05, 0.1) is 9.40 Å². The van der Waals surface area contributed by atoms with Crippen LogP contribution >= 0.6 is 38.5 Å². The molecule has 0 amide bonds. The Balaban J connectivity index is 3.43.